The number of nitrogens with one attached hydrogen (secondary N) is 1. The third kappa shape index (κ3) is 6.36. The molecule has 1 aliphatic rings. The number of carboxylic acids is 1. The van der Waals surface area contributed by atoms with E-state index in [-0.39, 0.29) is 0 Å². The monoisotopic (exact) mass is 310 g/mol. The van der Waals surface area contributed by atoms with Crippen molar-refractivity contribution in [3.63, 3.8) is 0 Å². The quantitative estimate of drug-likeness (QED) is 0.856. The molecular weight excluding hydrogens is 288 g/mol. The fraction of sp³-hybridized carbons (Fsp3) is 0.211. The molecule has 120 valence electrons. The Hall–Kier alpha value is -2.59. The van der Waals surface area contributed by atoms with Gasteiger partial charge in [0.05, 0.1) is 0 Å². The Morgan fingerprint density at radius 2 is 1.52 bits per heavy atom. The smallest absolute Gasteiger partial charge is 0.328 e. The van der Waals surface area contributed by atoms with Gasteiger partial charge in [0.2, 0.25) is 0 Å². The third-order valence-electron chi connectivity index (χ3n) is 3.46. The van der Waals surface area contributed by atoms with E-state index in [4.69, 9.17) is 5.11 Å². The van der Waals surface area contributed by atoms with Crippen molar-refractivity contribution >= 4 is 17.7 Å². The molecule has 0 atom stereocenters. The second kappa shape index (κ2) is 9.43. The van der Waals surface area contributed by atoms with Crippen molar-refractivity contribution in [2.45, 2.75) is 0 Å². The van der Waals surface area contributed by atoms with Gasteiger partial charge in [-0.2, -0.15) is 0 Å². The van der Waals surface area contributed by atoms with Crippen LogP contribution in [0.1, 0.15) is 5.56 Å². The van der Waals surface area contributed by atoms with E-state index in [1.165, 1.54) is 5.69 Å². The minimum Gasteiger partial charge on any atom is -0.478 e. The van der Waals surface area contributed by atoms with Crippen LogP contribution in [0.5, 0.6) is 0 Å². The predicted molar refractivity (Wildman–Crippen MR) is 94.6 cm³/mol. The van der Waals surface area contributed by atoms with Crippen LogP contribution in [0.4, 0.5) is 5.69 Å². The summed E-state index contributed by atoms with van der Waals surface area (Å²) < 4.78 is 0. The predicted octanol–water partition coefficient (Wildman–Crippen LogP) is 2.88. The number of aliphatic carboxylic acids is 1. The van der Waals surface area contributed by atoms with Gasteiger partial charge in [-0.15, -0.1) is 0 Å². The molecule has 0 amide bonds. The molecule has 0 radical (unpaired) electrons. The first-order valence-electron chi connectivity index (χ1n) is 7.72. The number of hydrogen-bond donors (Lipinski definition) is 2. The zero-order valence-corrected chi connectivity index (χ0v) is 13.1. The number of hydrogen-bond acceptors (Lipinski definition) is 3. The zero-order chi connectivity index (χ0) is 16.3. The van der Waals surface area contributed by atoms with Crippen molar-refractivity contribution < 1.29 is 9.90 Å². The summed E-state index contributed by atoms with van der Waals surface area (Å²) in [6.45, 7) is 4.47. The van der Waals surface area contributed by atoms with Crippen molar-refractivity contribution in [2.24, 2.45) is 0 Å². The fourth-order valence-electron chi connectivity index (χ4n) is 2.29. The zero-order valence-electron chi connectivity index (χ0n) is 13.1. The lowest BCUT2D eigenvalue weighted by Gasteiger charge is -2.29. The summed E-state index contributed by atoms with van der Waals surface area (Å²) in [5.74, 6) is -0.922. The maximum atomic E-state index is 10.1. The maximum Gasteiger partial charge on any atom is 0.328 e. The molecule has 0 unspecified atom stereocenters. The maximum absolute atomic E-state index is 10.1. The molecule has 0 bridgehead atoms. The van der Waals surface area contributed by atoms with Crippen molar-refractivity contribution in [2.75, 3.05) is 31.1 Å². The highest BCUT2D eigenvalue weighted by atomic mass is 16.4. The topological polar surface area (TPSA) is 52.6 Å². The summed E-state index contributed by atoms with van der Waals surface area (Å²) in [6.07, 6.45) is 2.68. The van der Waals surface area contributed by atoms with Crippen LogP contribution in [-0.4, -0.2) is 37.3 Å². The van der Waals surface area contributed by atoms with E-state index in [0.29, 0.717) is 0 Å². The second-order valence-electron chi connectivity index (χ2n) is 5.15. The molecule has 0 aliphatic carbocycles. The molecule has 0 aromatic heterocycles. The number of piperazine rings is 1. The summed E-state index contributed by atoms with van der Waals surface area (Å²) in [5.41, 5.74) is 2.24. The minimum atomic E-state index is -0.922. The standard InChI is InChI=1S/C10H14N2.C9H8O2/c1-2-4-10(5-3-1)12-8-6-11-7-9-12;10-9(11)7-6-8-4-2-1-3-5-8/h1-5,11H,6-9H2;1-7H,(H,10,11)/b;7-6-. The van der Waals surface area contributed by atoms with Crippen LogP contribution in [-0.2, 0) is 4.79 Å². The largest absolute Gasteiger partial charge is 0.478 e. The summed E-state index contributed by atoms with van der Waals surface area (Å²) >= 11 is 0. The van der Waals surface area contributed by atoms with E-state index < -0.39 is 5.97 Å². The first-order valence-corrected chi connectivity index (χ1v) is 7.72. The summed E-state index contributed by atoms with van der Waals surface area (Å²) in [7, 11) is 0. The number of benzene rings is 2. The van der Waals surface area contributed by atoms with Crippen LogP contribution in [0.2, 0.25) is 0 Å². The van der Waals surface area contributed by atoms with E-state index in [2.05, 4.69) is 40.5 Å². The number of anilines is 1. The number of carbonyl (C=O) groups is 1. The van der Waals surface area contributed by atoms with Crippen molar-refractivity contribution in [3.8, 4) is 0 Å². The second-order valence-corrected chi connectivity index (χ2v) is 5.15. The molecule has 0 spiro atoms. The van der Waals surface area contributed by atoms with Gasteiger partial charge in [0.15, 0.2) is 0 Å². The normalized spacial score (nSPS) is 14.2. The molecule has 2 N–H and O–H groups in total. The molecule has 3 rings (SSSR count). The number of rotatable bonds is 3. The highest BCUT2D eigenvalue weighted by Gasteiger charge is 2.08. The summed E-state index contributed by atoms with van der Waals surface area (Å²) in [5, 5.41) is 11.6. The average molecular weight is 310 g/mol. The van der Waals surface area contributed by atoms with Crippen LogP contribution in [0.3, 0.4) is 0 Å². The lowest BCUT2D eigenvalue weighted by atomic mass is 10.2. The van der Waals surface area contributed by atoms with Crippen molar-refractivity contribution in [1.82, 2.24) is 5.32 Å². The first kappa shape index (κ1) is 16.8. The van der Waals surface area contributed by atoms with Gasteiger partial charge in [0.25, 0.3) is 0 Å². The lowest BCUT2D eigenvalue weighted by molar-refractivity contribution is -0.131. The highest BCUT2D eigenvalue weighted by molar-refractivity contribution is 5.85. The molecule has 0 saturated carbocycles. The fourth-order valence-corrected chi connectivity index (χ4v) is 2.29. The Morgan fingerprint density at radius 1 is 0.957 bits per heavy atom. The van der Waals surface area contributed by atoms with Gasteiger partial charge in [-0.3, -0.25) is 0 Å². The first-order chi connectivity index (χ1) is 11.3. The van der Waals surface area contributed by atoms with Crippen LogP contribution in [0, 0.1) is 0 Å². The van der Waals surface area contributed by atoms with Gasteiger partial charge in [0.1, 0.15) is 0 Å². The van der Waals surface area contributed by atoms with Gasteiger partial charge >= 0.3 is 5.97 Å². The molecule has 1 heterocycles. The van der Waals surface area contributed by atoms with Gasteiger partial charge in [-0.05, 0) is 23.8 Å². The van der Waals surface area contributed by atoms with Crippen molar-refractivity contribution in [3.05, 3.63) is 72.3 Å². The molecule has 2 aromatic carbocycles. The molecular formula is C19H22N2O2. The van der Waals surface area contributed by atoms with E-state index in [0.717, 1.165) is 37.8 Å². The molecule has 1 fully saturated rings. The van der Waals surface area contributed by atoms with Gasteiger partial charge in [-0.25, -0.2) is 4.79 Å². The van der Waals surface area contributed by atoms with E-state index in [1.807, 2.05) is 30.3 Å². The molecule has 4 heteroatoms. The molecule has 2 aromatic rings. The van der Waals surface area contributed by atoms with Crippen LogP contribution >= 0.6 is 0 Å². The minimum absolute atomic E-state index is 0.898. The lowest BCUT2D eigenvalue weighted by Crippen LogP contribution is -2.43. The molecule has 1 aliphatic heterocycles. The SMILES string of the molecule is O=C(O)/C=C\c1ccccc1.c1ccc(N2CCNCC2)cc1. The van der Waals surface area contributed by atoms with E-state index in [1.54, 1.807) is 6.08 Å². The summed E-state index contributed by atoms with van der Waals surface area (Å²) in [4.78, 5) is 12.5. The summed E-state index contributed by atoms with van der Waals surface area (Å²) in [6, 6.07) is 19.9. The van der Waals surface area contributed by atoms with Crippen LogP contribution in [0.15, 0.2) is 66.7 Å². The van der Waals surface area contributed by atoms with Crippen molar-refractivity contribution in [1.29, 1.82) is 0 Å². The third-order valence-corrected chi connectivity index (χ3v) is 3.46. The van der Waals surface area contributed by atoms with Gasteiger partial charge < -0.3 is 15.3 Å². The highest BCUT2D eigenvalue weighted by Crippen LogP contribution is 2.12. The number of para-hydroxylation sites is 1. The van der Waals surface area contributed by atoms with E-state index >= 15 is 0 Å². The van der Waals surface area contributed by atoms with Crippen LogP contribution < -0.4 is 10.2 Å². The van der Waals surface area contributed by atoms with Gasteiger partial charge in [0, 0.05) is 37.9 Å². The Labute approximate surface area is 137 Å². The molecule has 4 nitrogen and oxygen atoms in total. The molecule has 1 saturated heterocycles. The number of nitrogens with zero attached hydrogens (tertiary/aromatic N) is 1. The Morgan fingerprint density at radius 3 is 2.09 bits per heavy atom. The average Bonchev–Trinajstić information content (AvgIpc) is 2.63. The van der Waals surface area contributed by atoms with Gasteiger partial charge in [-0.1, -0.05) is 48.5 Å². The Balaban J connectivity index is 0.000000168. The molecule has 23 heavy (non-hydrogen) atoms. The Kier molecular flexibility index (Phi) is 6.88. The van der Waals surface area contributed by atoms with Crippen LogP contribution in [0.25, 0.3) is 6.08 Å². The number of carboxylic acid groups (broad SMARTS) is 1. The van der Waals surface area contributed by atoms with E-state index in [9.17, 15) is 4.79 Å². The Bertz CT molecular complexity index is 606.